The van der Waals surface area contributed by atoms with E-state index >= 15 is 0 Å². The van der Waals surface area contributed by atoms with Crippen molar-refractivity contribution in [2.45, 2.75) is 57.8 Å². The molecule has 0 unspecified atom stereocenters. The maximum Gasteiger partial charge on any atom is 0.410 e. The molecular formula is C14H26N2O3. The van der Waals surface area contributed by atoms with Crippen molar-refractivity contribution in [3.05, 3.63) is 0 Å². The van der Waals surface area contributed by atoms with E-state index in [1.165, 1.54) is 0 Å². The van der Waals surface area contributed by atoms with Crippen molar-refractivity contribution in [2.24, 2.45) is 0 Å². The Bertz CT molecular complexity index is 319. The smallest absolute Gasteiger partial charge is 0.410 e. The molecule has 2 aliphatic rings. The first-order valence-corrected chi connectivity index (χ1v) is 7.27. The zero-order valence-electron chi connectivity index (χ0n) is 12.3. The van der Waals surface area contributed by atoms with Gasteiger partial charge in [-0.25, -0.2) is 4.79 Å². The second-order valence-corrected chi connectivity index (χ2v) is 6.57. The Morgan fingerprint density at radius 1 is 1.16 bits per heavy atom. The fraction of sp³-hybridized carbons (Fsp3) is 0.929. The highest BCUT2D eigenvalue weighted by Gasteiger charge is 2.34. The van der Waals surface area contributed by atoms with E-state index in [0.717, 1.165) is 32.4 Å². The highest BCUT2D eigenvalue weighted by atomic mass is 16.6. The lowest BCUT2D eigenvalue weighted by atomic mass is 10.1. The number of amides is 1. The topological polar surface area (TPSA) is 53.0 Å². The molecule has 5 heteroatoms. The van der Waals surface area contributed by atoms with Crippen molar-refractivity contribution < 1.29 is 14.6 Å². The normalized spacial score (nSPS) is 29.6. The van der Waals surface area contributed by atoms with Crippen LogP contribution in [0.5, 0.6) is 0 Å². The molecule has 0 bridgehead atoms. The quantitative estimate of drug-likeness (QED) is 0.783. The number of ether oxygens (including phenoxy) is 1. The molecule has 2 rings (SSSR count). The molecule has 1 saturated heterocycles. The highest BCUT2D eigenvalue weighted by molar-refractivity contribution is 5.68. The fourth-order valence-electron chi connectivity index (χ4n) is 2.91. The molecule has 110 valence electrons. The summed E-state index contributed by atoms with van der Waals surface area (Å²) in [7, 11) is 0. The van der Waals surface area contributed by atoms with Crippen molar-refractivity contribution in [1.82, 2.24) is 9.80 Å². The van der Waals surface area contributed by atoms with Crippen molar-refractivity contribution in [1.29, 1.82) is 0 Å². The zero-order chi connectivity index (χ0) is 14.0. The van der Waals surface area contributed by atoms with Gasteiger partial charge in [-0.15, -0.1) is 0 Å². The molecule has 1 amide bonds. The van der Waals surface area contributed by atoms with Gasteiger partial charge < -0.3 is 14.7 Å². The predicted molar refractivity (Wildman–Crippen MR) is 73.0 cm³/mol. The number of nitrogens with zero attached hydrogens (tertiary/aromatic N) is 2. The van der Waals surface area contributed by atoms with E-state index in [1.807, 2.05) is 20.8 Å². The van der Waals surface area contributed by atoms with E-state index < -0.39 is 5.60 Å². The molecule has 1 aliphatic carbocycles. The summed E-state index contributed by atoms with van der Waals surface area (Å²) in [5.74, 6) is 0. The number of aliphatic hydroxyl groups is 1. The van der Waals surface area contributed by atoms with Crippen LogP contribution in [0.4, 0.5) is 4.79 Å². The van der Waals surface area contributed by atoms with Crippen LogP contribution in [-0.4, -0.2) is 64.9 Å². The summed E-state index contributed by atoms with van der Waals surface area (Å²) in [4.78, 5) is 16.0. The van der Waals surface area contributed by atoms with E-state index in [-0.39, 0.29) is 12.2 Å². The van der Waals surface area contributed by atoms with Gasteiger partial charge in [0.25, 0.3) is 0 Å². The number of aliphatic hydroxyl groups excluding tert-OH is 1. The van der Waals surface area contributed by atoms with Gasteiger partial charge in [0.05, 0.1) is 6.10 Å². The second-order valence-electron chi connectivity index (χ2n) is 6.57. The van der Waals surface area contributed by atoms with Gasteiger partial charge in [0.1, 0.15) is 5.60 Å². The molecule has 19 heavy (non-hydrogen) atoms. The summed E-state index contributed by atoms with van der Waals surface area (Å²) in [5, 5.41) is 9.92. The van der Waals surface area contributed by atoms with Crippen LogP contribution in [0.2, 0.25) is 0 Å². The minimum Gasteiger partial charge on any atom is -0.444 e. The third-order valence-electron chi connectivity index (χ3n) is 3.88. The number of hydrogen-bond acceptors (Lipinski definition) is 4. The summed E-state index contributed by atoms with van der Waals surface area (Å²) in [6.45, 7) is 8.71. The van der Waals surface area contributed by atoms with Crippen LogP contribution in [0.25, 0.3) is 0 Å². The molecule has 2 fully saturated rings. The summed E-state index contributed by atoms with van der Waals surface area (Å²) >= 11 is 0. The van der Waals surface area contributed by atoms with Crippen LogP contribution in [0.15, 0.2) is 0 Å². The summed E-state index contributed by atoms with van der Waals surface area (Å²) < 4.78 is 5.38. The largest absolute Gasteiger partial charge is 0.444 e. The minimum absolute atomic E-state index is 0.187. The van der Waals surface area contributed by atoms with E-state index in [2.05, 4.69) is 4.90 Å². The summed E-state index contributed by atoms with van der Waals surface area (Å²) in [6, 6.07) is 0.292. The molecule has 0 spiro atoms. The van der Waals surface area contributed by atoms with Crippen molar-refractivity contribution in [3.8, 4) is 0 Å². The maximum atomic E-state index is 11.9. The second kappa shape index (κ2) is 5.67. The molecule has 5 nitrogen and oxygen atoms in total. The zero-order valence-corrected chi connectivity index (χ0v) is 12.3. The van der Waals surface area contributed by atoms with E-state index in [1.54, 1.807) is 4.90 Å². The Morgan fingerprint density at radius 3 is 2.26 bits per heavy atom. The third kappa shape index (κ3) is 3.83. The monoisotopic (exact) mass is 270 g/mol. The first-order valence-electron chi connectivity index (χ1n) is 7.27. The lowest BCUT2D eigenvalue weighted by molar-refractivity contribution is 0.000914. The van der Waals surface area contributed by atoms with Crippen LogP contribution in [0.3, 0.4) is 0 Å². The Kier molecular flexibility index (Phi) is 4.36. The first kappa shape index (κ1) is 14.6. The molecule has 1 heterocycles. The molecule has 1 aliphatic heterocycles. The molecule has 0 aromatic rings. The lowest BCUT2D eigenvalue weighted by Gasteiger charge is -2.39. The minimum atomic E-state index is -0.435. The van der Waals surface area contributed by atoms with Gasteiger partial charge in [0.2, 0.25) is 0 Å². The Hall–Kier alpha value is -0.810. The van der Waals surface area contributed by atoms with Crippen LogP contribution in [0, 0.1) is 0 Å². The van der Waals surface area contributed by atoms with Crippen molar-refractivity contribution >= 4 is 6.09 Å². The van der Waals surface area contributed by atoms with E-state index in [4.69, 9.17) is 4.74 Å². The van der Waals surface area contributed by atoms with Gasteiger partial charge >= 0.3 is 6.09 Å². The number of rotatable bonds is 1. The fourth-order valence-corrected chi connectivity index (χ4v) is 2.91. The predicted octanol–water partition coefficient (Wildman–Crippen LogP) is 1.45. The molecule has 0 aromatic heterocycles. The first-order chi connectivity index (χ1) is 8.87. The van der Waals surface area contributed by atoms with Gasteiger partial charge in [-0.1, -0.05) is 0 Å². The van der Waals surface area contributed by atoms with Gasteiger partial charge in [-0.2, -0.15) is 0 Å². The summed E-state index contributed by atoms with van der Waals surface area (Å²) in [6.07, 6.45) is 2.69. The van der Waals surface area contributed by atoms with Crippen LogP contribution in [-0.2, 0) is 4.74 Å². The molecular weight excluding hydrogens is 244 g/mol. The number of carbonyl (C=O) groups excluding carboxylic acids is 1. The Balaban J connectivity index is 1.80. The standard InChI is InChI=1S/C14H26N2O3/c1-14(2,3)19-13(18)16-9-7-15(8-10-16)11-5-4-6-12(11)17/h11-12,17H,4-10H2,1-3H3/t11-,12-/m1/s1. The van der Waals surface area contributed by atoms with Gasteiger partial charge in [0, 0.05) is 32.2 Å². The maximum absolute atomic E-state index is 11.9. The third-order valence-corrected chi connectivity index (χ3v) is 3.88. The average Bonchev–Trinajstić information content (AvgIpc) is 2.73. The van der Waals surface area contributed by atoms with Gasteiger partial charge in [-0.05, 0) is 40.0 Å². The molecule has 0 radical (unpaired) electrons. The lowest BCUT2D eigenvalue weighted by Crippen LogP contribution is -2.54. The molecule has 0 aromatic carbocycles. The average molecular weight is 270 g/mol. The van der Waals surface area contributed by atoms with Crippen molar-refractivity contribution in [3.63, 3.8) is 0 Å². The van der Waals surface area contributed by atoms with E-state index in [9.17, 15) is 9.90 Å². The molecule has 1 saturated carbocycles. The Morgan fingerprint density at radius 2 is 1.79 bits per heavy atom. The molecule has 2 atom stereocenters. The number of piperazine rings is 1. The highest BCUT2D eigenvalue weighted by Crippen LogP contribution is 2.25. The number of carbonyl (C=O) groups is 1. The number of hydrogen-bond donors (Lipinski definition) is 1. The van der Waals surface area contributed by atoms with Crippen LogP contribution < -0.4 is 0 Å². The van der Waals surface area contributed by atoms with Gasteiger partial charge in [0.15, 0.2) is 0 Å². The Labute approximate surface area is 115 Å². The molecule has 1 N–H and O–H groups in total. The van der Waals surface area contributed by atoms with Crippen LogP contribution in [0.1, 0.15) is 40.0 Å². The van der Waals surface area contributed by atoms with Crippen molar-refractivity contribution in [2.75, 3.05) is 26.2 Å². The SMILES string of the molecule is CC(C)(C)OC(=O)N1CCN([C@@H]2CCC[C@H]2O)CC1. The van der Waals surface area contributed by atoms with Crippen LogP contribution >= 0.6 is 0 Å². The van der Waals surface area contributed by atoms with Gasteiger partial charge in [-0.3, -0.25) is 4.90 Å². The summed E-state index contributed by atoms with van der Waals surface area (Å²) in [5.41, 5.74) is -0.435. The van der Waals surface area contributed by atoms with E-state index in [0.29, 0.717) is 19.1 Å².